The lowest BCUT2D eigenvalue weighted by Crippen LogP contribution is -2.41. The van der Waals surface area contributed by atoms with Crippen molar-refractivity contribution in [1.29, 1.82) is 0 Å². The fraction of sp³-hybridized carbons (Fsp3) is 0.259. The van der Waals surface area contributed by atoms with E-state index in [1.807, 2.05) is 30.3 Å². The van der Waals surface area contributed by atoms with Crippen LogP contribution >= 0.6 is 0 Å². The van der Waals surface area contributed by atoms with E-state index in [0.29, 0.717) is 11.7 Å². The molecule has 0 spiro atoms. The van der Waals surface area contributed by atoms with Gasteiger partial charge in [0.05, 0.1) is 11.1 Å². The highest BCUT2D eigenvalue weighted by atomic mass is 32.2. The van der Waals surface area contributed by atoms with Crippen molar-refractivity contribution in [1.82, 2.24) is 19.7 Å². The molecule has 9 nitrogen and oxygen atoms in total. The van der Waals surface area contributed by atoms with Crippen LogP contribution in [0.4, 0.5) is 5.82 Å². The molecule has 1 aromatic carbocycles. The van der Waals surface area contributed by atoms with Crippen molar-refractivity contribution in [2.45, 2.75) is 37.8 Å². The number of hydrogen-bond acceptors (Lipinski definition) is 8. The van der Waals surface area contributed by atoms with E-state index in [1.54, 1.807) is 24.4 Å². The molecule has 1 N–H and O–H groups in total. The van der Waals surface area contributed by atoms with E-state index in [-0.39, 0.29) is 27.9 Å². The van der Waals surface area contributed by atoms with Gasteiger partial charge in [-0.25, -0.2) is 14.7 Å². The number of rotatable bonds is 6. The van der Waals surface area contributed by atoms with E-state index >= 15 is 0 Å². The summed E-state index contributed by atoms with van der Waals surface area (Å²) in [5, 5.41) is 0.600. The summed E-state index contributed by atoms with van der Waals surface area (Å²) < 4.78 is 34.1. The third kappa shape index (κ3) is 5.10. The molecular weight excluding hydrogens is 490 g/mol. The van der Waals surface area contributed by atoms with Crippen LogP contribution in [0.25, 0.3) is 10.9 Å². The quantitative estimate of drug-likeness (QED) is 0.396. The number of sulfonamides is 1. The first-order chi connectivity index (χ1) is 17.6. The van der Waals surface area contributed by atoms with Gasteiger partial charge in [0.25, 0.3) is 15.9 Å². The number of anilines is 1. The number of aromatic nitrogens is 3. The Morgan fingerprint density at radius 1 is 1.00 bits per heavy atom. The Kier molecular flexibility index (Phi) is 6.28. The van der Waals surface area contributed by atoms with Gasteiger partial charge in [-0.05, 0) is 56.5 Å². The van der Waals surface area contributed by atoms with Gasteiger partial charge in [-0.1, -0.05) is 31.2 Å². The molecule has 1 saturated heterocycles. The molecule has 37 heavy (non-hydrogen) atoms. The van der Waals surface area contributed by atoms with E-state index in [1.165, 1.54) is 18.2 Å². The molecule has 3 aromatic heterocycles. The zero-order chi connectivity index (χ0) is 26.2. The van der Waals surface area contributed by atoms with Gasteiger partial charge in [0.1, 0.15) is 5.82 Å². The van der Waals surface area contributed by atoms with Crippen LogP contribution in [0.3, 0.4) is 0 Å². The predicted octanol–water partition coefficient (Wildman–Crippen LogP) is 4.56. The number of nitrogens with zero attached hydrogens (tertiary/aromatic N) is 4. The molecule has 1 atom stereocenters. The number of para-hydroxylation sites is 1. The Morgan fingerprint density at radius 2 is 1.78 bits per heavy atom. The number of fused-ring (bicyclic) bond motifs is 1. The highest BCUT2D eigenvalue weighted by molar-refractivity contribution is 7.90. The molecule has 1 fully saturated rings. The lowest BCUT2D eigenvalue weighted by atomic mass is 9.97. The van der Waals surface area contributed by atoms with Crippen molar-refractivity contribution >= 4 is 32.7 Å². The Labute approximate surface area is 215 Å². The summed E-state index contributed by atoms with van der Waals surface area (Å²) >= 11 is 0. The molecule has 0 radical (unpaired) electrons. The fourth-order valence-corrected chi connectivity index (χ4v) is 5.72. The van der Waals surface area contributed by atoms with Gasteiger partial charge in [-0.2, -0.15) is 13.4 Å². The van der Waals surface area contributed by atoms with Crippen LogP contribution in [0.1, 0.15) is 37.6 Å². The van der Waals surface area contributed by atoms with Crippen LogP contribution in [0.2, 0.25) is 0 Å². The summed E-state index contributed by atoms with van der Waals surface area (Å²) in [4.78, 5) is 28.2. The van der Waals surface area contributed by atoms with Gasteiger partial charge in [-0.15, -0.1) is 0 Å². The maximum atomic E-state index is 13.2. The van der Waals surface area contributed by atoms with Crippen LogP contribution < -0.4 is 14.4 Å². The summed E-state index contributed by atoms with van der Waals surface area (Å²) in [6.07, 6.45) is 2.54. The number of nitrogens with one attached hydrogen (secondary N) is 1. The molecule has 1 aliphatic rings. The topological polar surface area (TPSA) is 114 Å². The van der Waals surface area contributed by atoms with Crippen molar-refractivity contribution in [2.24, 2.45) is 5.92 Å². The first-order valence-corrected chi connectivity index (χ1v) is 13.4. The lowest BCUT2D eigenvalue weighted by Gasteiger charge is -2.33. The van der Waals surface area contributed by atoms with E-state index in [0.717, 1.165) is 23.9 Å². The van der Waals surface area contributed by atoms with Gasteiger partial charge in [-0.3, -0.25) is 4.79 Å². The summed E-state index contributed by atoms with van der Waals surface area (Å²) in [6, 6.07) is 18.6. The van der Waals surface area contributed by atoms with E-state index in [9.17, 15) is 13.2 Å². The molecular formula is C27H27N5O4S. The Morgan fingerprint density at radius 3 is 2.57 bits per heavy atom. The van der Waals surface area contributed by atoms with Crippen molar-refractivity contribution in [3.05, 3.63) is 78.5 Å². The Balaban J connectivity index is 1.38. The van der Waals surface area contributed by atoms with Crippen LogP contribution in [0.15, 0.2) is 78.0 Å². The molecule has 5 rings (SSSR count). The summed E-state index contributed by atoms with van der Waals surface area (Å²) in [7, 11) is -4.29. The third-order valence-corrected chi connectivity index (χ3v) is 7.57. The second-order valence-electron chi connectivity index (χ2n) is 9.80. The first kappa shape index (κ1) is 24.6. The lowest BCUT2D eigenvalue weighted by molar-refractivity contribution is 0.0981. The minimum atomic E-state index is -4.29. The Bertz CT molecular complexity index is 1590. The van der Waals surface area contributed by atoms with Gasteiger partial charge in [0.2, 0.25) is 11.8 Å². The number of carbonyl (C=O) groups is 1. The molecule has 1 amide bonds. The zero-order valence-electron chi connectivity index (χ0n) is 20.7. The highest BCUT2D eigenvalue weighted by Gasteiger charge is 2.39. The monoisotopic (exact) mass is 517 g/mol. The molecule has 10 heteroatoms. The number of pyridine rings is 3. The molecule has 1 unspecified atom stereocenters. The van der Waals surface area contributed by atoms with Gasteiger partial charge in [0, 0.05) is 35.8 Å². The van der Waals surface area contributed by atoms with E-state index in [2.05, 4.69) is 45.3 Å². The summed E-state index contributed by atoms with van der Waals surface area (Å²) in [5.74, 6) is 0.403. The number of ether oxygens (including phenoxy) is 1. The maximum absolute atomic E-state index is 13.2. The van der Waals surface area contributed by atoms with Crippen LogP contribution in [-0.4, -0.2) is 41.4 Å². The largest absolute Gasteiger partial charge is 0.421 e. The first-order valence-electron chi connectivity index (χ1n) is 11.9. The molecule has 4 heterocycles. The standard InChI is InChI=1S/C27H27N5O4S/c1-18-16-27(2,3)32(17-18)25-20(9-7-15-28-25)26(33)31-37(34,35)24-12-6-11-22(30-24)36-23-14-13-19-8-4-5-10-21(19)29-23/h4-15,18H,16-17H2,1-3H3,(H,31,33). The van der Waals surface area contributed by atoms with E-state index < -0.39 is 15.9 Å². The minimum absolute atomic E-state index is 0.0352. The SMILES string of the molecule is CC1CN(c2ncccc2C(=O)NS(=O)(=O)c2cccc(Oc3ccc4ccccc4n3)n2)C(C)(C)C1. The normalized spacial score (nSPS) is 17.1. The molecule has 190 valence electrons. The number of carbonyl (C=O) groups excluding carboxylic acids is 1. The average Bonchev–Trinajstić information content (AvgIpc) is 3.15. The molecule has 0 saturated carbocycles. The highest BCUT2D eigenvalue weighted by Crippen LogP contribution is 2.37. The predicted molar refractivity (Wildman–Crippen MR) is 140 cm³/mol. The second kappa shape index (κ2) is 9.44. The Hall–Kier alpha value is -4.05. The molecule has 0 bridgehead atoms. The van der Waals surface area contributed by atoms with Crippen molar-refractivity contribution in [3.8, 4) is 11.8 Å². The second-order valence-corrected chi connectivity index (χ2v) is 11.4. The molecule has 0 aliphatic carbocycles. The number of hydrogen-bond donors (Lipinski definition) is 1. The number of amides is 1. The van der Waals surface area contributed by atoms with Crippen molar-refractivity contribution in [2.75, 3.05) is 11.4 Å². The van der Waals surface area contributed by atoms with Crippen LogP contribution in [-0.2, 0) is 10.0 Å². The van der Waals surface area contributed by atoms with Gasteiger partial charge >= 0.3 is 0 Å². The van der Waals surface area contributed by atoms with Crippen molar-refractivity contribution < 1.29 is 17.9 Å². The molecule has 4 aromatic rings. The van der Waals surface area contributed by atoms with Crippen LogP contribution in [0.5, 0.6) is 11.8 Å². The van der Waals surface area contributed by atoms with Gasteiger partial charge in [0.15, 0.2) is 5.03 Å². The van der Waals surface area contributed by atoms with Crippen LogP contribution in [0, 0.1) is 5.92 Å². The average molecular weight is 518 g/mol. The minimum Gasteiger partial charge on any atom is -0.421 e. The van der Waals surface area contributed by atoms with Crippen molar-refractivity contribution in [3.63, 3.8) is 0 Å². The molecule has 1 aliphatic heterocycles. The summed E-state index contributed by atoms with van der Waals surface area (Å²) in [5.41, 5.74) is 0.700. The zero-order valence-corrected chi connectivity index (χ0v) is 21.6. The number of benzene rings is 1. The fourth-order valence-electron chi connectivity index (χ4n) is 4.79. The summed E-state index contributed by atoms with van der Waals surface area (Å²) in [6.45, 7) is 7.04. The maximum Gasteiger partial charge on any atom is 0.281 e. The van der Waals surface area contributed by atoms with Gasteiger partial charge < -0.3 is 9.64 Å². The van der Waals surface area contributed by atoms with E-state index in [4.69, 9.17) is 4.74 Å². The third-order valence-electron chi connectivity index (χ3n) is 6.34. The smallest absolute Gasteiger partial charge is 0.281 e.